The van der Waals surface area contributed by atoms with Gasteiger partial charge in [0.05, 0.1) is 15.3 Å². The lowest BCUT2D eigenvalue weighted by Crippen LogP contribution is -2.15. The first-order valence-electron chi connectivity index (χ1n) is 4.18. The van der Waals surface area contributed by atoms with Gasteiger partial charge in [-0.1, -0.05) is 0 Å². The van der Waals surface area contributed by atoms with Crippen LogP contribution >= 0.6 is 22.6 Å². The first-order chi connectivity index (χ1) is 7.18. The van der Waals surface area contributed by atoms with Crippen LogP contribution in [0.5, 0.6) is 0 Å². The summed E-state index contributed by atoms with van der Waals surface area (Å²) in [5.74, 6) is 0.566. The third kappa shape index (κ3) is 1.99. The van der Waals surface area contributed by atoms with Gasteiger partial charge in [0.1, 0.15) is 5.84 Å². The van der Waals surface area contributed by atoms with E-state index in [9.17, 15) is 0 Å². The van der Waals surface area contributed by atoms with Crippen molar-refractivity contribution in [3.05, 3.63) is 39.9 Å². The molecule has 0 atom stereocenters. The van der Waals surface area contributed by atoms with Gasteiger partial charge in [-0.2, -0.15) is 5.10 Å². The fourth-order valence-electron chi connectivity index (χ4n) is 1.21. The average molecular weight is 313 g/mol. The molecule has 0 saturated carbocycles. The summed E-state index contributed by atoms with van der Waals surface area (Å²) in [6.45, 7) is 0. The SMILES string of the molecule is N=C(N)c1cccnc1-n1cc(I)cn1. The number of halogens is 1. The van der Waals surface area contributed by atoms with Gasteiger partial charge < -0.3 is 5.73 Å². The predicted molar refractivity (Wildman–Crippen MR) is 65.1 cm³/mol. The van der Waals surface area contributed by atoms with Crippen molar-refractivity contribution in [2.75, 3.05) is 0 Å². The molecule has 0 aliphatic carbocycles. The molecule has 76 valence electrons. The number of aromatic nitrogens is 3. The first-order valence-corrected chi connectivity index (χ1v) is 5.26. The van der Waals surface area contributed by atoms with Gasteiger partial charge in [0.25, 0.3) is 0 Å². The lowest BCUT2D eigenvalue weighted by atomic mass is 10.2. The maximum Gasteiger partial charge on any atom is 0.164 e. The van der Waals surface area contributed by atoms with Crippen LogP contribution in [0.25, 0.3) is 5.82 Å². The first kappa shape index (κ1) is 10.1. The molecule has 0 radical (unpaired) electrons. The quantitative estimate of drug-likeness (QED) is 0.496. The zero-order valence-electron chi connectivity index (χ0n) is 7.68. The second kappa shape index (κ2) is 3.97. The van der Waals surface area contributed by atoms with Crippen molar-refractivity contribution in [3.8, 4) is 5.82 Å². The standard InChI is InChI=1S/C9H8IN5/c10-6-4-14-15(5-6)9-7(8(11)12)2-1-3-13-9/h1-5H,(H3,11,12). The highest BCUT2D eigenvalue weighted by atomic mass is 127. The van der Waals surface area contributed by atoms with Crippen LogP contribution in [0, 0.1) is 8.98 Å². The van der Waals surface area contributed by atoms with Gasteiger partial charge in [0.15, 0.2) is 5.82 Å². The van der Waals surface area contributed by atoms with Crippen molar-refractivity contribution in [1.29, 1.82) is 5.41 Å². The van der Waals surface area contributed by atoms with E-state index in [2.05, 4.69) is 32.7 Å². The van der Waals surface area contributed by atoms with Gasteiger partial charge in [-0.3, -0.25) is 5.41 Å². The summed E-state index contributed by atoms with van der Waals surface area (Å²) < 4.78 is 2.62. The minimum atomic E-state index is -0.0105. The van der Waals surface area contributed by atoms with Gasteiger partial charge in [-0.15, -0.1) is 0 Å². The predicted octanol–water partition coefficient (Wildman–Crippen LogP) is 1.16. The van der Waals surface area contributed by atoms with Crippen molar-refractivity contribution in [2.24, 2.45) is 5.73 Å². The monoisotopic (exact) mass is 313 g/mol. The van der Waals surface area contributed by atoms with E-state index in [0.717, 1.165) is 3.57 Å². The Bertz CT molecular complexity index is 505. The van der Waals surface area contributed by atoms with E-state index in [4.69, 9.17) is 11.1 Å². The van der Waals surface area contributed by atoms with Crippen molar-refractivity contribution in [2.45, 2.75) is 0 Å². The maximum absolute atomic E-state index is 7.43. The average Bonchev–Trinajstić information content (AvgIpc) is 2.65. The van der Waals surface area contributed by atoms with Crippen LogP contribution in [-0.2, 0) is 0 Å². The van der Waals surface area contributed by atoms with Crippen LogP contribution in [0.15, 0.2) is 30.7 Å². The van der Waals surface area contributed by atoms with Gasteiger partial charge in [0, 0.05) is 12.4 Å². The van der Waals surface area contributed by atoms with Crippen LogP contribution in [0.4, 0.5) is 0 Å². The molecule has 2 rings (SSSR count). The van der Waals surface area contributed by atoms with Crippen LogP contribution in [0.1, 0.15) is 5.56 Å². The lowest BCUT2D eigenvalue weighted by molar-refractivity contribution is 0.844. The molecule has 6 heteroatoms. The molecular weight excluding hydrogens is 305 g/mol. The van der Waals surface area contributed by atoms with E-state index < -0.39 is 0 Å². The Hall–Kier alpha value is -1.44. The number of hydrogen-bond acceptors (Lipinski definition) is 3. The smallest absolute Gasteiger partial charge is 0.164 e. The summed E-state index contributed by atoms with van der Waals surface area (Å²) in [7, 11) is 0. The minimum Gasteiger partial charge on any atom is -0.384 e. The van der Waals surface area contributed by atoms with Crippen molar-refractivity contribution in [3.63, 3.8) is 0 Å². The number of pyridine rings is 1. The molecule has 5 nitrogen and oxygen atoms in total. The minimum absolute atomic E-state index is 0.0105. The van der Waals surface area contributed by atoms with Crippen LogP contribution in [0.3, 0.4) is 0 Å². The largest absolute Gasteiger partial charge is 0.384 e. The zero-order chi connectivity index (χ0) is 10.8. The number of nitrogens with two attached hydrogens (primary N) is 1. The number of nitrogens with one attached hydrogen (secondary N) is 1. The van der Waals surface area contributed by atoms with Crippen molar-refractivity contribution in [1.82, 2.24) is 14.8 Å². The van der Waals surface area contributed by atoms with Crippen LogP contribution in [-0.4, -0.2) is 20.6 Å². The summed E-state index contributed by atoms with van der Waals surface area (Å²) in [5, 5.41) is 11.6. The Labute approximate surface area is 100.0 Å². The summed E-state index contributed by atoms with van der Waals surface area (Å²) in [6.07, 6.45) is 5.20. The lowest BCUT2D eigenvalue weighted by Gasteiger charge is -2.05. The second-order valence-corrected chi connectivity index (χ2v) is 4.14. The number of hydrogen-bond donors (Lipinski definition) is 2. The summed E-state index contributed by atoms with van der Waals surface area (Å²) in [5.41, 5.74) is 6.04. The van der Waals surface area contributed by atoms with Gasteiger partial charge in [-0.05, 0) is 34.7 Å². The third-order valence-corrected chi connectivity index (χ3v) is 2.40. The van der Waals surface area contributed by atoms with Crippen molar-refractivity contribution < 1.29 is 0 Å². The molecule has 0 saturated heterocycles. The molecule has 3 N–H and O–H groups in total. The highest BCUT2D eigenvalue weighted by Gasteiger charge is 2.08. The fraction of sp³-hybridized carbons (Fsp3) is 0. The second-order valence-electron chi connectivity index (χ2n) is 2.89. The number of nitrogens with zero attached hydrogens (tertiary/aromatic N) is 3. The fourth-order valence-corrected chi connectivity index (χ4v) is 1.59. The Morgan fingerprint density at radius 2 is 2.33 bits per heavy atom. The number of rotatable bonds is 2. The topological polar surface area (TPSA) is 80.6 Å². The van der Waals surface area contributed by atoms with Gasteiger partial charge >= 0.3 is 0 Å². The molecule has 0 aromatic carbocycles. The van der Waals surface area contributed by atoms with Crippen LogP contribution < -0.4 is 5.73 Å². The van der Waals surface area contributed by atoms with Crippen molar-refractivity contribution >= 4 is 28.4 Å². The molecule has 0 bridgehead atoms. The molecule has 2 heterocycles. The van der Waals surface area contributed by atoms with E-state index in [-0.39, 0.29) is 5.84 Å². The molecule has 0 aliphatic rings. The molecule has 0 unspecified atom stereocenters. The third-order valence-electron chi connectivity index (χ3n) is 1.84. The Morgan fingerprint density at radius 1 is 1.53 bits per heavy atom. The molecule has 0 fully saturated rings. The molecule has 15 heavy (non-hydrogen) atoms. The molecule has 2 aromatic rings. The van der Waals surface area contributed by atoms with E-state index >= 15 is 0 Å². The van der Waals surface area contributed by atoms with Crippen LogP contribution in [0.2, 0.25) is 0 Å². The highest BCUT2D eigenvalue weighted by molar-refractivity contribution is 14.1. The summed E-state index contributed by atoms with van der Waals surface area (Å²) >= 11 is 2.16. The van der Waals surface area contributed by atoms with E-state index in [0.29, 0.717) is 11.4 Å². The molecule has 0 aliphatic heterocycles. The summed E-state index contributed by atoms with van der Waals surface area (Å²) in [4.78, 5) is 4.16. The Kier molecular flexibility index (Phi) is 2.67. The normalized spacial score (nSPS) is 10.2. The van der Waals surface area contributed by atoms with Gasteiger partial charge in [0.2, 0.25) is 0 Å². The van der Waals surface area contributed by atoms with E-state index in [1.165, 1.54) is 0 Å². The molecular formula is C9H8IN5. The Balaban J connectivity index is 2.57. The summed E-state index contributed by atoms with van der Waals surface area (Å²) in [6, 6.07) is 3.49. The molecule has 0 spiro atoms. The number of nitrogen functional groups attached to an aromatic ring is 1. The van der Waals surface area contributed by atoms with Gasteiger partial charge in [-0.25, -0.2) is 9.67 Å². The molecule has 2 aromatic heterocycles. The number of amidine groups is 1. The van der Waals surface area contributed by atoms with E-state index in [1.54, 1.807) is 29.2 Å². The highest BCUT2D eigenvalue weighted by Crippen LogP contribution is 2.11. The zero-order valence-corrected chi connectivity index (χ0v) is 9.84. The molecule has 0 amide bonds. The van der Waals surface area contributed by atoms with E-state index in [1.807, 2.05) is 6.20 Å². The maximum atomic E-state index is 7.43. The Morgan fingerprint density at radius 3 is 2.93 bits per heavy atom.